The van der Waals surface area contributed by atoms with Crippen LogP contribution in [0.15, 0.2) is 54.7 Å². The number of para-hydroxylation sites is 2. The van der Waals surface area contributed by atoms with Crippen molar-refractivity contribution in [3.05, 3.63) is 65.9 Å². The predicted octanol–water partition coefficient (Wildman–Crippen LogP) is 3.88. The molecule has 4 heteroatoms. The maximum Gasteiger partial charge on any atom is 0.165 e. The Bertz CT molecular complexity index is 827. The molecule has 24 heavy (non-hydrogen) atoms. The summed E-state index contributed by atoms with van der Waals surface area (Å²) in [5, 5.41) is 1.17. The van der Waals surface area contributed by atoms with E-state index in [-0.39, 0.29) is 0 Å². The Labute approximate surface area is 142 Å². The molecule has 1 aromatic heterocycles. The van der Waals surface area contributed by atoms with Crippen molar-refractivity contribution in [3.8, 4) is 11.5 Å². The molecule has 4 nitrogen and oxygen atoms in total. The summed E-state index contributed by atoms with van der Waals surface area (Å²) in [5.41, 5.74) is 3.38. The molecule has 0 spiro atoms. The monoisotopic (exact) mass is 322 g/mol. The van der Waals surface area contributed by atoms with Gasteiger partial charge in [0.1, 0.15) is 0 Å². The van der Waals surface area contributed by atoms with Crippen molar-refractivity contribution in [3.63, 3.8) is 0 Å². The van der Waals surface area contributed by atoms with Gasteiger partial charge in [0.25, 0.3) is 0 Å². The van der Waals surface area contributed by atoms with Crippen molar-refractivity contribution in [1.82, 2.24) is 9.88 Å². The maximum absolute atomic E-state index is 5.52. The van der Waals surface area contributed by atoms with E-state index in [1.54, 1.807) is 14.2 Å². The molecule has 0 aliphatic carbocycles. The zero-order valence-electron chi connectivity index (χ0n) is 14.3. The third-order valence-corrected chi connectivity index (χ3v) is 4.08. The van der Waals surface area contributed by atoms with Crippen LogP contribution >= 0.6 is 0 Å². The number of pyridine rings is 1. The second kappa shape index (κ2) is 7.32. The summed E-state index contributed by atoms with van der Waals surface area (Å²) in [4.78, 5) is 6.78. The predicted molar refractivity (Wildman–Crippen MR) is 96.5 cm³/mol. The third-order valence-electron chi connectivity index (χ3n) is 4.08. The average Bonchev–Trinajstić information content (AvgIpc) is 2.61. The molecule has 0 aliphatic heterocycles. The first-order chi connectivity index (χ1) is 11.7. The summed E-state index contributed by atoms with van der Waals surface area (Å²) in [6.07, 6.45) is 1.84. The lowest BCUT2D eigenvalue weighted by Crippen LogP contribution is -2.18. The quantitative estimate of drug-likeness (QED) is 0.690. The summed E-state index contributed by atoms with van der Waals surface area (Å²) < 4.78 is 10.9. The van der Waals surface area contributed by atoms with Gasteiger partial charge in [-0.25, -0.2) is 0 Å². The van der Waals surface area contributed by atoms with Crippen molar-refractivity contribution in [2.24, 2.45) is 0 Å². The van der Waals surface area contributed by atoms with E-state index in [4.69, 9.17) is 9.47 Å². The minimum atomic E-state index is 0.759. The van der Waals surface area contributed by atoms with E-state index < -0.39 is 0 Å². The van der Waals surface area contributed by atoms with Crippen LogP contribution < -0.4 is 9.47 Å². The first-order valence-corrected chi connectivity index (χ1v) is 7.94. The molecule has 0 radical (unpaired) electrons. The van der Waals surface area contributed by atoms with Gasteiger partial charge in [-0.15, -0.1) is 0 Å². The highest BCUT2D eigenvalue weighted by Crippen LogP contribution is 2.31. The molecule has 2 aromatic carbocycles. The minimum Gasteiger partial charge on any atom is -0.493 e. The second-order valence-electron chi connectivity index (χ2n) is 5.82. The molecule has 0 bridgehead atoms. The van der Waals surface area contributed by atoms with E-state index in [2.05, 4.69) is 47.3 Å². The number of hydrogen-bond acceptors (Lipinski definition) is 4. The molecular formula is C20H22N2O2. The Morgan fingerprint density at radius 1 is 0.875 bits per heavy atom. The number of fused-ring (bicyclic) bond motifs is 1. The Balaban J connectivity index is 1.82. The van der Waals surface area contributed by atoms with E-state index in [9.17, 15) is 0 Å². The van der Waals surface area contributed by atoms with Gasteiger partial charge in [-0.1, -0.05) is 36.4 Å². The van der Waals surface area contributed by atoms with Crippen LogP contribution in [0.1, 0.15) is 11.1 Å². The largest absolute Gasteiger partial charge is 0.493 e. The van der Waals surface area contributed by atoms with Crippen molar-refractivity contribution < 1.29 is 9.47 Å². The highest BCUT2D eigenvalue weighted by atomic mass is 16.5. The second-order valence-corrected chi connectivity index (χ2v) is 5.82. The molecule has 0 N–H and O–H groups in total. The molecule has 1 heterocycles. The molecule has 0 saturated heterocycles. The van der Waals surface area contributed by atoms with Crippen molar-refractivity contribution >= 4 is 10.9 Å². The summed E-state index contributed by atoms with van der Waals surface area (Å²) in [6.45, 7) is 1.58. The molecular weight excluding hydrogens is 300 g/mol. The Morgan fingerprint density at radius 3 is 2.38 bits per heavy atom. The van der Waals surface area contributed by atoms with Crippen LogP contribution in [0, 0.1) is 0 Å². The topological polar surface area (TPSA) is 34.6 Å². The Morgan fingerprint density at radius 2 is 1.58 bits per heavy atom. The van der Waals surface area contributed by atoms with Gasteiger partial charge in [0.05, 0.1) is 19.7 Å². The van der Waals surface area contributed by atoms with Gasteiger partial charge in [0.2, 0.25) is 0 Å². The highest BCUT2D eigenvalue weighted by molar-refractivity contribution is 5.81. The number of aromatic nitrogens is 1. The smallest absolute Gasteiger partial charge is 0.165 e. The van der Waals surface area contributed by atoms with Crippen LogP contribution in [-0.4, -0.2) is 31.2 Å². The van der Waals surface area contributed by atoms with Gasteiger partial charge in [-0.2, -0.15) is 0 Å². The maximum atomic E-state index is 5.52. The van der Waals surface area contributed by atoms with Gasteiger partial charge in [0, 0.05) is 30.2 Å². The zero-order chi connectivity index (χ0) is 16.9. The van der Waals surface area contributed by atoms with E-state index in [0.29, 0.717) is 0 Å². The fraction of sp³-hybridized carbons (Fsp3) is 0.250. The number of hydrogen-bond donors (Lipinski definition) is 0. The molecule has 3 aromatic rings. The lowest BCUT2D eigenvalue weighted by atomic mass is 10.1. The third kappa shape index (κ3) is 3.34. The average molecular weight is 322 g/mol. The fourth-order valence-corrected chi connectivity index (χ4v) is 3.01. The number of ether oxygens (including phenoxy) is 2. The molecule has 0 atom stereocenters. The van der Waals surface area contributed by atoms with Crippen molar-refractivity contribution in [2.75, 3.05) is 21.3 Å². The molecule has 0 amide bonds. The highest BCUT2D eigenvalue weighted by Gasteiger charge is 2.12. The normalized spacial score (nSPS) is 11.0. The van der Waals surface area contributed by atoms with Crippen LogP contribution in [0.4, 0.5) is 0 Å². The van der Waals surface area contributed by atoms with Crippen molar-refractivity contribution in [2.45, 2.75) is 13.1 Å². The first kappa shape index (κ1) is 16.3. The molecule has 0 unspecified atom stereocenters. The summed E-state index contributed by atoms with van der Waals surface area (Å²) in [5.74, 6) is 1.55. The number of benzene rings is 2. The summed E-state index contributed by atoms with van der Waals surface area (Å²) in [7, 11) is 5.43. The summed E-state index contributed by atoms with van der Waals surface area (Å²) in [6, 6.07) is 16.3. The minimum absolute atomic E-state index is 0.759. The van der Waals surface area contributed by atoms with Gasteiger partial charge >= 0.3 is 0 Å². The van der Waals surface area contributed by atoms with Crippen LogP contribution in [0.5, 0.6) is 11.5 Å². The molecule has 3 rings (SSSR count). The van der Waals surface area contributed by atoms with Crippen LogP contribution in [0.2, 0.25) is 0 Å². The molecule has 0 fully saturated rings. The van der Waals surface area contributed by atoms with E-state index in [1.165, 1.54) is 10.9 Å². The lowest BCUT2D eigenvalue weighted by molar-refractivity contribution is 0.304. The van der Waals surface area contributed by atoms with E-state index in [1.807, 2.05) is 24.4 Å². The number of rotatable bonds is 6. The van der Waals surface area contributed by atoms with Gasteiger partial charge in [-0.3, -0.25) is 9.88 Å². The van der Waals surface area contributed by atoms with Crippen LogP contribution in [0.25, 0.3) is 10.9 Å². The number of methoxy groups -OCH3 is 2. The van der Waals surface area contributed by atoms with Gasteiger partial charge in [0.15, 0.2) is 11.5 Å². The summed E-state index contributed by atoms with van der Waals surface area (Å²) >= 11 is 0. The Hall–Kier alpha value is -2.59. The van der Waals surface area contributed by atoms with Crippen molar-refractivity contribution in [1.29, 1.82) is 0 Å². The van der Waals surface area contributed by atoms with Gasteiger partial charge < -0.3 is 9.47 Å². The lowest BCUT2D eigenvalue weighted by Gasteiger charge is -2.20. The SMILES string of the molecule is COc1cccc(CN(C)Cc2cccc3cccnc23)c1OC. The molecule has 0 saturated carbocycles. The standard InChI is InChI=1S/C20H22N2O2/c1-22(14-17-9-5-11-18(23-2)20(17)24-3)13-16-8-4-7-15-10-6-12-21-19(15)16/h4-12H,13-14H2,1-3H3. The molecule has 0 aliphatic rings. The van der Waals surface area contributed by atoms with E-state index >= 15 is 0 Å². The molecule has 124 valence electrons. The zero-order valence-corrected chi connectivity index (χ0v) is 14.3. The Kier molecular flexibility index (Phi) is 4.96. The van der Waals surface area contributed by atoms with Gasteiger partial charge in [-0.05, 0) is 24.7 Å². The van der Waals surface area contributed by atoms with Crippen LogP contribution in [0.3, 0.4) is 0 Å². The fourth-order valence-electron chi connectivity index (χ4n) is 3.01. The van der Waals surface area contributed by atoms with E-state index in [0.717, 1.165) is 35.7 Å². The number of nitrogens with zero attached hydrogens (tertiary/aromatic N) is 2. The first-order valence-electron chi connectivity index (χ1n) is 7.94. The van der Waals surface area contributed by atoms with Crippen LogP contribution in [-0.2, 0) is 13.1 Å².